The van der Waals surface area contributed by atoms with E-state index in [1.165, 1.54) is 0 Å². The molecule has 0 saturated carbocycles. The van der Waals surface area contributed by atoms with Gasteiger partial charge in [-0.3, -0.25) is 4.79 Å². The molecule has 0 aliphatic carbocycles. The summed E-state index contributed by atoms with van der Waals surface area (Å²) in [5.74, 6) is -1.19. The summed E-state index contributed by atoms with van der Waals surface area (Å²) in [4.78, 5) is 11.2. The first-order valence-corrected chi connectivity index (χ1v) is 7.94. The second kappa shape index (κ2) is 6.51. The van der Waals surface area contributed by atoms with Gasteiger partial charge < -0.3 is 11.1 Å². The molecule has 0 bridgehead atoms. The molecule has 20 heavy (non-hydrogen) atoms. The molecule has 1 aromatic rings. The number of nitrogens with one attached hydrogen (secondary N) is 2. The smallest absolute Gasteiger partial charge is 0.242 e. The molecule has 4 N–H and O–H groups in total. The molecule has 112 valence electrons. The van der Waals surface area contributed by atoms with E-state index in [4.69, 9.17) is 5.73 Å². The van der Waals surface area contributed by atoms with Crippen LogP contribution in [0.3, 0.4) is 0 Å². The van der Waals surface area contributed by atoms with Gasteiger partial charge in [0.1, 0.15) is 5.82 Å². The summed E-state index contributed by atoms with van der Waals surface area (Å²) in [5.41, 5.74) is 5.05. The van der Waals surface area contributed by atoms with Crippen molar-refractivity contribution >= 4 is 37.5 Å². The average Bonchev–Trinajstić information content (AvgIpc) is 2.30. The topological polar surface area (TPSA) is 101 Å². The third kappa shape index (κ3) is 4.43. The zero-order valence-corrected chi connectivity index (χ0v) is 13.3. The number of nitrogen functional groups attached to an aromatic ring is 1. The van der Waals surface area contributed by atoms with Gasteiger partial charge in [-0.15, -0.1) is 0 Å². The number of halogens is 2. The van der Waals surface area contributed by atoms with E-state index in [9.17, 15) is 17.6 Å². The van der Waals surface area contributed by atoms with Gasteiger partial charge in [-0.1, -0.05) is 0 Å². The number of amides is 1. The summed E-state index contributed by atoms with van der Waals surface area (Å²) in [6.07, 6.45) is 0. The molecule has 0 saturated heterocycles. The van der Waals surface area contributed by atoms with Gasteiger partial charge in [-0.05, 0) is 41.9 Å². The van der Waals surface area contributed by atoms with Crippen LogP contribution < -0.4 is 15.8 Å². The minimum absolute atomic E-state index is 0.0287. The monoisotopic (exact) mass is 367 g/mol. The maximum Gasteiger partial charge on any atom is 0.242 e. The zero-order valence-electron chi connectivity index (χ0n) is 10.9. The van der Waals surface area contributed by atoms with Crippen LogP contribution in [-0.4, -0.2) is 26.9 Å². The lowest BCUT2D eigenvalue weighted by Gasteiger charge is -2.11. The number of hydrogen-bond acceptors (Lipinski definition) is 4. The minimum atomic E-state index is -3.97. The van der Waals surface area contributed by atoms with Gasteiger partial charge >= 0.3 is 0 Å². The highest BCUT2D eigenvalue weighted by atomic mass is 79.9. The number of benzene rings is 1. The molecule has 9 heteroatoms. The summed E-state index contributed by atoms with van der Waals surface area (Å²) in [7, 11) is -3.97. The molecule has 0 radical (unpaired) electrons. The highest BCUT2D eigenvalue weighted by Crippen LogP contribution is 2.26. The molecule has 0 spiro atoms. The van der Waals surface area contributed by atoms with Crippen LogP contribution >= 0.6 is 15.9 Å². The van der Waals surface area contributed by atoms with Gasteiger partial charge in [-0.2, -0.15) is 0 Å². The predicted octanol–water partition coefficient (Wildman–Crippen LogP) is 0.973. The van der Waals surface area contributed by atoms with E-state index in [1.54, 1.807) is 13.8 Å². The second-order valence-electron chi connectivity index (χ2n) is 4.35. The second-order valence-corrected chi connectivity index (χ2v) is 6.94. The Kier molecular flexibility index (Phi) is 5.49. The lowest BCUT2D eigenvalue weighted by Crippen LogP contribution is -2.39. The van der Waals surface area contributed by atoms with Gasteiger partial charge in [0, 0.05) is 10.5 Å². The molecule has 0 aliphatic rings. The number of hydrogen-bond donors (Lipinski definition) is 3. The Morgan fingerprint density at radius 2 is 2.05 bits per heavy atom. The zero-order chi connectivity index (χ0) is 15.5. The number of anilines is 1. The van der Waals surface area contributed by atoms with Crippen LogP contribution in [0, 0.1) is 5.82 Å². The lowest BCUT2D eigenvalue weighted by molar-refractivity contribution is -0.120. The van der Waals surface area contributed by atoms with E-state index in [0.717, 1.165) is 12.1 Å². The van der Waals surface area contributed by atoms with Gasteiger partial charge in [0.05, 0.1) is 17.1 Å². The van der Waals surface area contributed by atoms with Crippen LogP contribution in [-0.2, 0) is 14.8 Å². The number of sulfonamides is 1. The molecule has 0 heterocycles. The lowest BCUT2D eigenvalue weighted by atomic mass is 10.3. The van der Waals surface area contributed by atoms with Crippen molar-refractivity contribution in [2.24, 2.45) is 0 Å². The van der Waals surface area contributed by atoms with Crippen LogP contribution in [0.15, 0.2) is 21.5 Å². The molecule has 6 nitrogen and oxygen atoms in total. The van der Waals surface area contributed by atoms with E-state index < -0.39 is 28.3 Å². The van der Waals surface area contributed by atoms with E-state index in [2.05, 4.69) is 26.0 Å². The third-order valence-corrected chi connectivity index (χ3v) is 4.57. The van der Waals surface area contributed by atoms with Crippen molar-refractivity contribution in [3.8, 4) is 0 Å². The fraction of sp³-hybridized carbons (Fsp3) is 0.364. The maximum atomic E-state index is 13.2. The molecule has 0 atom stereocenters. The maximum absolute atomic E-state index is 13.2. The van der Waals surface area contributed by atoms with Gasteiger partial charge in [0.25, 0.3) is 0 Å². The SMILES string of the molecule is CC(C)NC(=O)CNS(=O)(=O)c1cc(N)c(F)cc1Br. The van der Waals surface area contributed by atoms with Crippen LogP contribution in [0.2, 0.25) is 0 Å². The van der Waals surface area contributed by atoms with Crippen molar-refractivity contribution in [2.45, 2.75) is 24.8 Å². The Morgan fingerprint density at radius 1 is 1.45 bits per heavy atom. The number of carbonyl (C=O) groups excluding carboxylic acids is 1. The van der Waals surface area contributed by atoms with Crippen molar-refractivity contribution in [1.82, 2.24) is 10.0 Å². The quantitative estimate of drug-likeness (QED) is 0.675. The number of carbonyl (C=O) groups is 1. The Labute approximate surface area is 125 Å². The van der Waals surface area contributed by atoms with Crippen molar-refractivity contribution in [1.29, 1.82) is 0 Å². The first-order chi connectivity index (χ1) is 9.13. The fourth-order valence-electron chi connectivity index (χ4n) is 1.36. The summed E-state index contributed by atoms with van der Waals surface area (Å²) >= 11 is 2.95. The van der Waals surface area contributed by atoms with E-state index >= 15 is 0 Å². The third-order valence-electron chi connectivity index (χ3n) is 2.21. The van der Waals surface area contributed by atoms with Gasteiger partial charge in [0.2, 0.25) is 15.9 Å². The molecule has 0 unspecified atom stereocenters. The molecule has 0 fully saturated rings. The van der Waals surface area contributed by atoms with Crippen molar-refractivity contribution < 1.29 is 17.6 Å². The minimum Gasteiger partial charge on any atom is -0.396 e. The van der Waals surface area contributed by atoms with E-state index in [1.807, 2.05) is 0 Å². The van der Waals surface area contributed by atoms with Crippen molar-refractivity contribution in [3.63, 3.8) is 0 Å². The van der Waals surface area contributed by atoms with Crippen LogP contribution in [0.25, 0.3) is 0 Å². The van der Waals surface area contributed by atoms with Crippen LogP contribution in [0.4, 0.5) is 10.1 Å². The van der Waals surface area contributed by atoms with Crippen molar-refractivity contribution in [2.75, 3.05) is 12.3 Å². The van der Waals surface area contributed by atoms with Crippen molar-refractivity contribution in [3.05, 3.63) is 22.4 Å². The summed E-state index contributed by atoms with van der Waals surface area (Å²) in [5, 5.41) is 2.54. The highest BCUT2D eigenvalue weighted by molar-refractivity contribution is 9.10. The Hall–Kier alpha value is -1.19. The summed E-state index contributed by atoms with van der Waals surface area (Å²) in [6, 6.07) is 1.85. The molecule has 0 aromatic heterocycles. The Morgan fingerprint density at radius 3 is 2.60 bits per heavy atom. The first-order valence-electron chi connectivity index (χ1n) is 5.67. The van der Waals surface area contributed by atoms with E-state index in [-0.39, 0.29) is 21.1 Å². The molecular formula is C11H15BrFN3O3S. The summed E-state index contributed by atoms with van der Waals surface area (Å²) in [6.45, 7) is 3.09. The normalized spacial score (nSPS) is 11.7. The van der Waals surface area contributed by atoms with Crippen LogP contribution in [0.1, 0.15) is 13.8 Å². The Bertz CT molecular complexity index is 620. The standard InChI is InChI=1S/C11H15BrFN3O3S/c1-6(2)16-11(17)5-15-20(18,19)10-4-9(14)8(13)3-7(10)12/h3-4,6,15H,5,14H2,1-2H3,(H,16,17). The average molecular weight is 368 g/mol. The molecule has 0 aliphatic heterocycles. The van der Waals surface area contributed by atoms with Crippen LogP contribution in [0.5, 0.6) is 0 Å². The number of rotatable bonds is 5. The molecule has 1 amide bonds. The number of nitrogens with two attached hydrogens (primary N) is 1. The van der Waals surface area contributed by atoms with Gasteiger partial charge in [0.15, 0.2) is 0 Å². The fourth-order valence-corrected chi connectivity index (χ4v) is 3.39. The summed E-state index contributed by atoms with van der Waals surface area (Å²) < 4.78 is 39.3. The molecular weight excluding hydrogens is 353 g/mol. The molecule has 1 aromatic carbocycles. The first kappa shape index (κ1) is 16.9. The predicted molar refractivity (Wildman–Crippen MR) is 77.0 cm³/mol. The Balaban J connectivity index is 2.90. The largest absolute Gasteiger partial charge is 0.396 e. The molecule has 1 rings (SSSR count). The van der Waals surface area contributed by atoms with Gasteiger partial charge in [-0.25, -0.2) is 17.5 Å². The van der Waals surface area contributed by atoms with E-state index in [0.29, 0.717) is 0 Å². The highest BCUT2D eigenvalue weighted by Gasteiger charge is 2.20.